The molecule has 66 valence electrons. The second kappa shape index (κ2) is 3.52. The fraction of sp³-hybridized carbons (Fsp3) is 1.00. The molecule has 0 saturated carbocycles. The van der Waals surface area contributed by atoms with Gasteiger partial charge in [-0.25, -0.2) is 0 Å². The lowest BCUT2D eigenvalue weighted by Gasteiger charge is -2.28. The highest BCUT2D eigenvalue weighted by Gasteiger charge is 2.34. The van der Waals surface area contributed by atoms with Gasteiger partial charge in [-0.3, -0.25) is 0 Å². The topological polar surface area (TPSA) is 27.7 Å². The first-order chi connectivity index (χ1) is 5.17. The third kappa shape index (κ3) is 2.15. The molecule has 0 unspecified atom stereocenters. The molecule has 1 aliphatic rings. The number of ether oxygens (including phenoxy) is 3. The molecule has 1 saturated heterocycles. The zero-order chi connectivity index (χ0) is 8.32. The molecule has 11 heavy (non-hydrogen) atoms. The normalized spacial score (nSPS) is 21.0. The van der Waals surface area contributed by atoms with Gasteiger partial charge in [0.1, 0.15) is 0 Å². The Hall–Kier alpha value is -0.120. The Labute approximate surface area is 67.6 Å². The maximum Gasteiger partial charge on any atom is 0.165 e. The van der Waals surface area contributed by atoms with E-state index >= 15 is 0 Å². The summed E-state index contributed by atoms with van der Waals surface area (Å²) in [5.41, 5.74) is -0.0365. The second-order valence-corrected chi connectivity index (χ2v) is 3.50. The van der Waals surface area contributed by atoms with Crippen molar-refractivity contribution in [2.45, 2.75) is 20.1 Å². The minimum atomic E-state index is -0.0950. The predicted molar refractivity (Wildman–Crippen MR) is 41.3 cm³/mol. The fourth-order valence-corrected chi connectivity index (χ4v) is 1.25. The van der Waals surface area contributed by atoms with Gasteiger partial charge < -0.3 is 14.2 Å². The highest BCUT2D eigenvalue weighted by Crippen LogP contribution is 2.27. The standard InChI is InChI=1S/C8H16O3/c1-8(2,6-9-3)7-10-4-5-11-7/h7H,4-6H2,1-3H3. The minimum absolute atomic E-state index is 0.0365. The van der Waals surface area contributed by atoms with Crippen molar-refractivity contribution in [2.75, 3.05) is 26.9 Å². The van der Waals surface area contributed by atoms with E-state index in [1.165, 1.54) is 0 Å². The molecule has 0 atom stereocenters. The van der Waals surface area contributed by atoms with E-state index in [4.69, 9.17) is 14.2 Å². The predicted octanol–water partition coefficient (Wildman–Crippen LogP) is 1.03. The van der Waals surface area contributed by atoms with Crippen molar-refractivity contribution in [3.8, 4) is 0 Å². The van der Waals surface area contributed by atoms with Crippen LogP contribution in [-0.2, 0) is 14.2 Å². The molecular formula is C8H16O3. The molecule has 0 aliphatic carbocycles. The van der Waals surface area contributed by atoms with E-state index in [2.05, 4.69) is 13.8 Å². The smallest absolute Gasteiger partial charge is 0.165 e. The molecule has 0 spiro atoms. The van der Waals surface area contributed by atoms with Crippen LogP contribution >= 0.6 is 0 Å². The lowest BCUT2D eigenvalue weighted by Crippen LogP contribution is -2.34. The van der Waals surface area contributed by atoms with Gasteiger partial charge in [0.2, 0.25) is 0 Å². The van der Waals surface area contributed by atoms with Crippen LogP contribution in [0.3, 0.4) is 0 Å². The Kier molecular flexibility index (Phi) is 2.87. The van der Waals surface area contributed by atoms with Gasteiger partial charge in [0.15, 0.2) is 6.29 Å². The van der Waals surface area contributed by atoms with E-state index in [1.54, 1.807) is 7.11 Å². The Morgan fingerprint density at radius 1 is 1.36 bits per heavy atom. The molecule has 3 heteroatoms. The van der Waals surface area contributed by atoms with Gasteiger partial charge in [0.05, 0.1) is 19.8 Å². The van der Waals surface area contributed by atoms with Crippen LogP contribution in [0.15, 0.2) is 0 Å². The Bertz CT molecular complexity index is 117. The number of rotatable bonds is 3. The average molecular weight is 160 g/mol. The van der Waals surface area contributed by atoms with Crippen molar-refractivity contribution in [1.29, 1.82) is 0 Å². The van der Waals surface area contributed by atoms with Gasteiger partial charge in [-0.2, -0.15) is 0 Å². The summed E-state index contributed by atoms with van der Waals surface area (Å²) in [6.07, 6.45) is -0.0950. The zero-order valence-electron chi connectivity index (χ0n) is 7.42. The van der Waals surface area contributed by atoms with Crippen LogP contribution in [0.2, 0.25) is 0 Å². The van der Waals surface area contributed by atoms with Crippen molar-refractivity contribution in [3.05, 3.63) is 0 Å². The van der Waals surface area contributed by atoms with Crippen LogP contribution in [0.4, 0.5) is 0 Å². The minimum Gasteiger partial charge on any atom is -0.384 e. The lowest BCUT2D eigenvalue weighted by molar-refractivity contribution is -0.138. The van der Waals surface area contributed by atoms with Crippen LogP contribution in [0, 0.1) is 5.41 Å². The zero-order valence-corrected chi connectivity index (χ0v) is 7.42. The molecule has 0 radical (unpaired) electrons. The average Bonchev–Trinajstić information content (AvgIpc) is 2.37. The lowest BCUT2D eigenvalue weighted by atomic mass is 9.94. The third-order valence-corrected chi connectivity index (χ3v) is 1.78. The first-order valence-electron chi connectivity index (χ1n) is 3.89. The quantitative estimate of drug-likeness (QED) is 0.617. The van der Waals surface area contributed by atoms with Crippen LogP contribution in [0.5, 0.6) is 0 Å². The third-order valence-electron chi connectivity index (χ3n) is 1.78. The summed E-state index contributed by atoms with van der Waals surface area (Å²) in [6.45, 7) is 6.23. The largest absolute Gasteiger partial charge is 0.384 e. The molecule has 1 fully saturated rings. The molecule has 1 aliphatic heterocycles. The summed E-state index contributed by atoms with van der Waals surface area (Å²) < 4.78 is 15.8. The highest BCUT2D eigenvalue weighted by molar-refractivity contribution is 4.74. The van der Waals surface area contributed by atoms with Gasteiger partial charge in [-0.15, -0.1) is 0 Å². The summed E-state index contributed by atoms with van der Waals surface area (Å²) in [7, 11) is 1.69. The molecule has 0 aromatic heterocycles. The van der Waals surface area contributed by atoms with Crippen LogP contribution in [0.25, 0.3) is 0 Å². The maximum absolute atomic E-state index is 5.37. The first kappa shape index (κ1) is 8.97. The highest BCUT2D eigenvalue weighted by atomic mass is 16.7. The van der Waals surface area contributed by atoms with E-state index in [9.17, 15) is 0 Å². The molecule has 3 nitrogen and oxygen atoms in total. The van der Waals surface area contributed by atoms with E-state index < -0.39 is 0 Å². The molecule has 0 bridgehead atoms. The number of hydrogen-bond acceptors (Lipinski definition) is 3. The monoisotopic (exact) mass is 160 g/mol. The Morgan fingerprint density at radius 2 is 1.91 bits per heavy atom. The van der Waals surface area contributed by atoms with Crippen molar-refractivity contribution < 1.29 is 14.2 Å². The van der Waals surface area contributed by atoms with Gasteiger partial charge >= 0.3 is 0 Å². The van der Waals surface area contributed by atoms with Crippen LogP contribution < -0.4 is 0 Å². The summed E-state index contributed by atoms with van der Waals surface area (Å²) in [6, 6.07) is 0. The molecule has 1 rings (SSSR count). The summed E-state index contributed by atoms with van der Waals surface area (Å²) in [5, 5.41) is 0. The first-order valence-corrected chi connectivity index (χ1v) is 3.89. The van der Waals surface area contributed by atoms with Crippen molar-refractivity contribution in [2.24, 2.45) is 5.41 Å². The van der Waals surface area contributed by atoms with E-state index in [-0.39, 0.29) is 11.7 Å². The molecule has 0 N–H and O–H groups in total. The van der Waals surface area contributed by atoms with Gasteiger partial charge in [0.25, 0.3) is 0 Å². The van der Waals surface area contributed by atoms with Crippen LogP contribution in [-0.4, -0.2) is 33.2 Å². The molecular weight excluding hydrogens is 144 g/mol. The summed E-state index contributed by atoms with van der Waals surface area (Å²) in [4.78, 5) is 0. The van der Waals surface area contributed by atoms with Gasteiger partial charge in [-0.1, -0.05) is 13.8 Å². The fourth-order valence-electron chi connectivity index (χ4n) is 1.25. The second-order valence-electron chi connectivity index (χ2n) is 3.50. The SMILES string of the molecule is COCC(C)(C)C1OCCO1. The number of hydrogen-bond donors (Lipinski definition) is 0. The molecule has 0 aromatic carbocycles. The van der Waals surface area contributed by atoms with Gasteiger partial charge in [-0.05, 0) is 0 Å². The Balaban J connectivity index is 2.41. The molecule has 0 amide bonds. The van der Waals surface area contributed by atoms with Crippen LogP contribution in [0.1, 0.15) is 13.8 Å². The molecule has 0 aromatic rings. The number of methoxy groups -OCH3 is 1. The maximum atomic E-state index is 5.37. The van der Waals surface area contributed by atoms with E-state index in [1.807, 2.05) is 0 Å². The van der Waals surface area contributed by atoms with Crippen molar-refractivity contribution in [1.82, 2.24) is 0 Å². The van der Waals surface area contributed by atoms with E-state index in [0.717, 1.165) is 0 Å². The summed E-state index contributed by atoms with van der Waals surface area (Å²) in [5.74, 6) is 0. The molecule has 1 heterocycles. The Morgan fingerprint density at radius 3 is 2.36 bits per heavy atom. The van der Waals surface area contributed by atoms with Crippen molar-refractivity contribution >= 4 is 0 Å². The van der Waals surface area contributed by atoms with Gasteiger partial charge in [0, 0.05) is 12.5 Å². The van der Waals surface area contributed by atoms with E-state index in [0.29, 0.717) is 19.8 Å². The van der Waals surface area contributed by atoms with Crippen molar-refractivity contribution in [3.63, 3.8) is 0 Å². The summed E-state index contributed by atoms with van der Waals surface area (Å²) >= 11 is 0.